The van der Waals surface area contributed by atoms with Crippen LogP contribution in [-0.2, 0) is 11.6 Å². The second kappa shape index (κ2) is 6.19. The van der Waals surface area contributed by atoms with E-state index in [0.717, 1.165) is 25.1 Å². The highest BCUT2D eigenvalue weighted by molar-refractivity contribution is 5.94. The molecule has 0 saturated heterocycles. The third-order valence-electron chi connectivity index (χ3n) is 5.18. The minimum absolute atomic E-state index is 0.184. The molecule has 3 aromatic heterocycles. The zero-order valence-electron chi connectivity index (χ0n) is 14.7. The quantitative estimate of drug-likeness (QED) is 0.658. The van der Waals surface area contributed by atoms with E-state index < -0.39 is 17.8 Å². The summed E-state index contributed by atoms with van der Waals surface area (Å²) in [7, 11) is 0. The molecule has 0 atom stereocenters. The normalized spacial score (nSPS) is 15.5. The third kappa shape index (κ3) is 2.94. The molecular formula is C20H16F3N3O2. The average Bonchev–Trinajstić information content (AvgIpc) is 3.31. The zero-order valence-corrected chi connectivity index (χ0v) is 14.7. The van der Waals surface area contributed by atoms with Gasteiger partial charge >= 0.3 is 12.1 Å². The van der Waals surface area contributed by atoms with Crippen molar-refractivity contribution in [2.75, 3.05) is 6.54 Å². The molecule has 3 heterocycles. The maximum absolute atomic E-state index is 12.9. The van der Waals surface area contributed by atoms with E-state index in [2.05, 4.69) is 16.7 Å². The Morgan fingerprint density at radius 1 is 1.25 bits per heavy atom. The lowest BCUT2D eigenvalue weighted by Gasteiger charge is -2.14. The molecule has 0 spiro atoms. The summed E-state index contributed by atoms with van der Waals surface area (Å²) in [6.45, 7) is 3.97. The van der Waals surface area contributed by atoms with E-state index >= 15 is 0 Å². The summed E-state index contributed by atoms with van der Waals surface area (Å²) in [6, 6.07) is 5.90. The van der Waals surface area contributed by atoms with Crippen LogP contribution in [0.1, 0.15) is 34.5 Å². The predicted molar refractivity (Wildman–Crippen MR) is 97.9 cm³/mol. The van der Waals surface area contributed by atoms with Crippen molar-refractivity contribution in [3.63, 3.8) is 0 Å². The van der Waals surface area contributed by atoms with Gasteiger partial charge in [0.05, 0.1) is 5.56 Å². The standard InChI is InChI=1S/C20H16F3N3O2/c1-24-11-19(5-6-19)17-14(18(27)28)10-26-9-13(2-3-15(17)26)12-4-7-25-16(8-12)20(21,22)23/h2-4,7-10H,1,5-6,11H2,(H,27,28). The van der Waals surface area contributed by atoms with Gasteiger partial charge in [-0.25, -0.2) is 4.79 Å². The third-order valence-corrected chi connectivity index (χ3v) is 5.18. The fraction of sp³-hybridized carbons (Fsp3) is 0.250. The van der Waals surface area contributed by atoms with Gasteiger partial charge in [0.2, 0.25) is 0 Å². The Bertz CT molecular complexity index is 1100. The van der Waals surface area contributed by atoms with Gasteiger partial charge in [0.1, 0.15) is 5.69 Å². The van der Waals surface area contributed by atoms with Gasteiger partial charge in [-0.3, -0.25) is 4.98 Å². The lowest BCUT2D eigenvalue weighted by molar-refractivity contribution is -0.141. The Morgan fingerprint density at radius 2 is 2.00 bits per heavy atom. The van der Waals surface area contributed by atoms with E-state index in [1.54, 1.807) is 22.7 Å². The Kier molecular flexibility index (Phi) is 4.02. The molecule has 0 aliphatic heterocycles. The van der Waals surface area contributed by atoms with Crippen LogP contribution in [-0.4, -0.2) is 33.7 Å². The summed E-state index contributed by atoms with van der Waals surface area (Å²) in [5.41, 5.74) is 1.20. The highest BCUT2D eigenvalue weighted by Gasteiger charge is 2.48. The van der Waals surface area contributed by atoms with Gasteiger partial charge in [0, 0.05) is 41.6 Å². The van der Waals surface area contributed by atoms with E-state index in [1.165, 1.54) is 12.3 Å². The van der Waals surface area contributed by atoms with E-state index in [4.69, 9.17) is 0 Å². The van der Waals surface area contributed by atoms with E-state index in [0.29, 0.717) is 28.8 Å². The first kappa shape index (κ1) is 18.2. The number of aromatic carboxylic acids is 1. The first-order valence-corrected chi connectivity index (χ1v) is 8.60. The van der Waals surface area contributed by atoms with Gasteiger partial charge in [0.25, 0.3) is 0 Å². The molecular weight excluding hydrogens is 371 g/mol. The molecule has 1 fully saturated rings. The number of carbonyl (C=O) groups is 1. The number of alkyl halides is 3. The van der Waals surface area contributed by atoms with E-state index in [1.807, 2.05) is 0 Å². The second-order valence-electron chi connectivity index (χ2n) is 7.02. The number of hydrogen-bond donors (Lipinski definition) is 1. The molecule has 3 aromatic rings. The molecule has 0 bridgehead atoms. The van der Waals surface area contributed by atoms with Crippen LogP contribution in [0.2, 0.25) is 0 Å². The molecule has 0 amide bonds. The number of rotatable bonds is 5. The number of pyridine rings is 2. The molecule has 0 radical (unpaired) electrons. The summed E-state index contributed by atoms with van der Waals surface area (Å²) in [6.07, 6.45) is 1.37. The van der Waals surface area contributed by atoms with Gasteiger partial charge in [-0.05, 0) is 48.9 Å². The number of aliphatic imine (C=N–C) groups is 1. The van der Waals surface area contributed by atoms with Crippen molar-refractivity contribution in [1.29, 1.82) is 0 Å². The number of nitrogens with zero attached hydrogens (tertiary/aromatic N) is 3. The number of carboxylic acid groups (broad SMARTS) is 1. The minimum Gasteiger partial charge on any atom is -0.478 e. The monoisotopic (exact) mass is 387 g/mol. The predicted octanol–water partition coefficient (Wildman–Crippen LogP) is 4.45. The van der Waals surface area contributed by atoms with Crippen LogP contribution in [0.3, 0.4) is 0 Å². The van der Waals surface area contributed by atoms with Crippen molar-refractivity contribution in [2.24, 2.45) is 4.99 Å². The van der Waals surface area contributed by atoms with E-state index in [9.17, 15) is 23.1 Å². The topological polar surface area (TPSA) is 67.0 Å². The second-order valence-corrected chi connectivity index (χ2v) is 7.02. The Hall–Kier alpha value is -3.16. The minimum atomic E-state index is -4.53. The van der Waals surface area contributed by atoms with Crippen molar-refractivity contribution < 1.29 is 23.1 Å². The Balaban J connectivity index is 1.85. The van der Waals surface area contributed by atoms with Crippen LogP contribution in [0.4, 0.5) is 13.2 Å². The molecule has 1 saturated carbocycles. The van der Waals surface area contributed by atoms with Gasteiger partial charge < -0.3 is 14.5 Å². The molecule has 1 aliphatic rings. The number of hydrogen-bond acceptors (Lipinski definition) is 3. The first-order chi connectivity index (χ1) is 13.2. The summed E-state index contributed by atoms with van der Waals surface area (Å²) in [4.78, 5) is 19.1. The lowest BCUT2D eigenvalue weighted by Crippen LogP contribution is -2.14. The number of carboxylic acids is 1. The van der Waals surface area contributed by atoms with Crippen LogP contribution in [0, 0.1) is 0 Å². The van der Waals surface area contributed by atoms with E-state index in [-0.39, 0.29) is 11.0 Å². The fourth-order valence-corrected chi connectivity index (χ4v) is 3.69. The molecule has 1 aliphatic carbocycles. The first-order valence-electron chi connectivity index (χ1n) is 8.60. The van der Waals surface area contributed by atoms with Crippen LogP contribution in [0.5, 0.6) is 0 Å². The highest BCUT2D eigenvalue weighted by Crippen LogP contribution is 2.51. The number of aromatic nitrogens is 2. The van der Waals surface area contributed by atoms with Gasteiger partial charge in [-0.2, -0.15) is 13.2 Å². The lowest BCUT2D eigenvalue weighted by atomic mass is 9.93. The van der Waals surface area contributed by atoms with Crippen molar-refractivity contribution >= 4 is 18.2 Å². The van der Waals surface area contributed by atoms with Crippen LogP contribution >= 0.6 is 0 Å². The molecule has 8 heteroatoms. The molecule has 1 N–H and O–H groups in total. The Morgan fingerprint density at radius 3 is 2.61 bits per heavy atom. The fourth-order valence-electron chi connectivity index (χ4n) is 3.69. The zero-order chi connectivity index (χ0) is 20.1. The van der Waals surface area contributed by atoms with Crippen molar-refractivity contribution in [3.05, 3.63) is 59.7 Å². The SMILES string of the molecule is C=NCC1(c2c(C(=O)O)cn3cc(-c4ccnc(C(F)(F)F)c4)ccc23)CC1. The molecule has 28 heavy (non-hydrogen) atoms. The van der Waals surface area contributed by atoms with Crippen molar-refractivity contribution in [1.82, 2.24) is 9.38 Å². The number of fused-ring (bicyclic) bond motifs is 1. The van der Waals surface area contributed by atoms with Crippen molar-refractivity contribution in [3.8, 4) is 11.1 Å². The van der Waals surface area contributed by atoms with Crippen molar-refractivity contribution in [2.45, 2.75) is 24.4 Å². The molecule has 0 unspecified atom stereocenters. The number of halogens is 3. The van der Waals surface area contributed by atoms with Gasteiger partial charge in [-0.1, -0.05) is 6.07 Å². The molecule has 0 aromatic carbocycles. The summed E-state index contributed by atoms with van der Waals surface area (Å²) >= 11 is 0. The summed E-state index contributed by atoms with van der Waals surface area (Å²) in [5.74, 6) is -1.04. The molecule has 4 rings (SSSR count). The van der Waals surface area contributed by atoms with Crippen LogP contribution in [0.15, 0.2) is 47.8 Å². The van der Waals surface area contributed by atoms with Crippen LogP contribution < -0.4 is 0 Å². The van der Waals surface area contributed by atoms with Crippen LogP contribution in [0.25, 0.3) is 16.6 Å². The largest absolute Gasteiger partial charge is 0.478 e. The molecule has 5 nitrogen and oxygen atoms in total. The summed E-state index contributed by atoms with van der Waals surface area (Å²) < 4.78 is 40.5. The smallest absolute Gasteiger partial charge is 0.433 e. The van der Waals surface area contributed by atoms with Gasteiger partial charge in [0.15, 0.2) is 0 Å². The Labute approximate surface area is 158 Å². The van der Waals surface area contributed by atoms with Gasteiger partial charge in [-0.15, -0.1) is 0 Å². The average molecular weight is 387 g/mol. The maximum Gasteiger partial charge on any atom is 0.433 e. The summed E-state index contributed by atoms with van der Waals surface area (Å²) in [5, 5.41) is 9.65. The maximum atomic E-state index is 12.9. The highest BCUT2D eigenvalue weighted by atomic mass is 19.4. The molecule has 144 valence electrons.